The van der Waals surface area contributed by atoms with Gasteiger partial charge in [-0.15, -0.1) is 0 Å². The summed E-state index contributed by atoms with van der Waals surface area (Å²) in [5.74, 6) is 0.0935. The third-order valence-electron chi connectivity index (χ3n) is 3.27. The van der Waals surface area contributed by atoms with Crippen LogP contribution in [-0.4, -0.2) is 30.2 Å². The Morgan fingerprint density at radius 3 is 2.74 bits per heavy atom. The minimum absolute atomic E-state index is 0.0935. The van der Waals surface area contributed by atoms with Crippen molar-refractivity contribution in [2.45, 2.75) is 38.8 Å². The average Bonchev–Trinajstić information content (AvgIpc) is 2.32. The number of carbonyl (C=O) groups is 1. The molecule has 0 radical (unpaired) electrons. The fourth-order valence-electron chi connectivity index (χ4n) is 2.49. The molecule has 0 atom stereocenters. The van der Waals surface area contributed by atoms with E-state index in [-0.39, 0.29) is 5.91 Å². The van der Waals surface area contributed by atoms with E-state index >= 15 is 0 Å². The van der Waals surface area contributed by atoms with Gasteiger partial charge in [0.2, 0.25) is 5.91 Å². The Labute approximate surface area is 114 Å². The van der Waals surface area contributed by atoms with Gasteiger partial charge in [0.25, 0.3) is 0 Å². The summed E-state index contributed by atoms with van der Waals surface area (Å²) in [7, 11) is 1.92. The maximum atomic E-state index is 12.0. The van der Waals surface area contributed by atoms with E-state index in [4.69, 9.17) is 0 Å². The van der Waals surface area contributed by atoms with Crippen LogP contribution < -0.4 is 10.2 Å². The summed E-state index contributed by atoms with van der Waals surface area (Å²) in [5.41, 5.74) is 2.47. The molecular formula is C15H22N2O2. The van der Waals surface area contributed by atoms with Gasteiger partial charge in [-0.25, -0.2) is 0 Å². The monoisotopic (exact) mass is 262 g/mol. The highest BCUT2D eigenvalue weighted by molar-refractivity contribution is 5.96. The largest absolute Gasteiger partial charge is 0.389 e. The Hall–Kier alpha value is -1.39. The van der Waals surface area contributed by atoms with Crippen LogP contribution in [0.3, 0.4) is 0 Å². The van der Waals surface area contributed by atoms with Gasteiger partial charge in [-0.3, -0.25) is 4.79 Å². The zero-order valence-corrected chi connectivity index (χ0v) is 11.9. The molecule has 0 fully saturated rings. The summed E-state index contributed by atoms with van der Waals surface area (Å²) in [5, 5.41) is 13.1. The van der Waals surface area contributed by atoms with Crippen molar-refractivity contribution in [2.75, 3.05) is 18.5 Å². The molecule has 2 rings (SSSR count). The summed E-state index contributed by atoms with van der Waals surface area (Å²) in [4.78, 5) is 13.8. The average molecular weight is 262 g/mol. The molecule has 0 aliphatic carbocycles. The normalized spacial score (nSPS) is 15.6. The summed E-state index contributed by atoms with van der Waals surface area (Å²) in [6, 6.07) is 6.17. The predicted octanol–water partition coefficient (Wildman–Crippen LogP) is 1.46. The molecule has 1 aromatic carbocycles. The molecule has 19 heavy (non-hydrogen) atoms. The van der Waals surface area contributed by atoms with Crippen LogP contribution in [0.5, 0.6) is 0 Å². The van der Waals surface area contributed by atoms with E-state index < -0.39 is 5.60 Å². The maximum Gasteiger partial charge on any atom is 0.227 e. The van der Waals surface area contributed by atoms with Crippen molar-refractivity contribution in [3.05, 3.63) is 29.3 Å². The van der Waals surface area contributed by atoms with E-state index in [9.17, 15) is 9.90 Å². The lowest BCUT2D eigenvalue weighted by Gasteiger charge is -2.34. The molecule has 4 heteroatoms. The number of aliphatic hydroxyl groups is 1. The first-order valence-corrected chi connectivity index (χ1v) is 6.70. The Balaban J connectivity index is 2.31. The molecule has 1 aliphatic rings. The zero-order valence-electron chi connectivity index (χ0n) is 11.9. The van der Waals surface area contributed by atoms with Gasteiger partial charge in [0.1, 0.15) is 0 Å². The zero-order chi connectivity index (χ0) is 14.0. The van der Waals surface area contributed by atoms with E-state index in [1.165, 1.54) is 11.1 Å². The molecule has 2 N–H and O–H groups in total. The second-order valence-corrected chi connectivity index (χ2v) is 5.79. The topological polar surface area (TPSA) is 52.6 Å². The molecule has 0 aromatic heterocycles. The minimum Gasteiger partial charge on any atom is -0.389 e. The Morgan fingerprint density at radius 1 is 1.37 bits per heavy atom. The highest BCUT2D eigenvalue weighted by atomic mass is 16.3. The standard InChI is InChI=1S/C15H22N2O2/c1-15(2,19)10-17-13-6-4-11(9-16-3)8-12(13)5-7-14(17)18/h4,6,8,16,19H,5,7,9-10H2,1-3H3. The van der Waals surface area contributed by atoms with Gasteiger partial charge in [0.15, 0.2) is 0 Å². The molecule has 4 nitrogen and oxygen atoms in total. The number of aryl methyl sites for hydroxylation is 1. The van der Waals surface area contributed by atoms with E-state index in [2.05, 4.69) is 11.4 Å². The lowest BCUT2D eigenvalue weighted by Crippen LogP contribution is -2.44. The quantitative estimate of drug-likeness (QED) is 0.863. The molecule has 1 heterocycles. The molecule has 0 spiro atoms. The van der Waals surface area contributed by atoms with E-state index in [1.54, 1.807) is 18.7 Å². The van der Waals surface area contributed by atoms with Gasteiger partial charge in [-0.1, -0.05) is 12.1 Å². The van der Waals surface area contributed by atoms with Crippen LogP contribution in [0.1, 0.15) is 31.4 Å². The second-order valence-electron chi connectivity index (χ2n) is 5.79. The highest BCUT2D eigenvalue weighted by Crippen LogP contribution is 2.30. The van der Waals surface area contributed by atoms with Crippen molar-refractivity contribution in [1.29, 1.82) is 0 Å². The van der Waals surface area contributed by atoms with Crippen LogP contribution in [0.2, 0.25) is 0 Å². The van der Waals surface area contributed by atoms with E-state index in [0.717, 1.165) is 18.7 Å². The Kier molecular flexibility index (Phi) is 3.92. The number of fused-ring (bicyclic) bond motifs is 1. The van der Waals surface area contributed by atoms with Crippen LogP contribution in [0.25, 0.3) is 0 Å². The summed E-state index contributed by atoms with van der Waals surface area (Å²) >= 11 is 0. The number of amides is 1. The van der Waals surface area contributed by atoms with Crippen molar-refractivity contribution in [1.82, 2.24) is 5.32 Å². The Bertz CT molecular complexity index is 478. The number of nitrogens with zero attached hydrogens (tertiary/aromatic N) is 1. The predicted molar refractivity (Wildman–Crippen MR) is 76.2 cm³/mol. The van der Waals surface area contributed by atoms with Gasteiger partial charge >= 0.3 is 0 Å². The number of hydrogen-bond acceptors (Lipinski definition) is 3. The van der Waals surface area contributed by atoms with Crippen LogP contribution in [0, 0.1) is 0 Å². The summed E-state index contributed by atoms with van der Waals surface area (Å²) in [6.45, 7) is 4.62. The third-order valence-corrected chi connectivity index (χ3v) is 3.27. The number of carbonyl (C=O) groups excluding carboxylic acids is 1. The van der Waals surface area contributed by atoms with E-state index in [0.29, 0.717) is 13.0 Å². The number of rotatable bonds is 4. The smallest absolute Gasteiger partial charge is 0.227 e. The first-order valence-electron chi connectivity index (χ1n) is 6.70. The van der Waals surface area contributed by atoms with Crippen molar-refractivity contribution < 1.29 is 9.90 Å². The van der Waals surface area contributed by atoms with Crippen LogP contribution in [0.4, 0.5) is 5.69 Å². The van der Waals surface area contributed by atoms with Crippen LogP contribution >= 0.6 is 0 Å². The number of β-amino-alcohol motifs (C(OH)–C–C–N with tert-alkyl or cyclic N) is 1. The van der Waals surface area contributed by atoms with Crippen LogP contribution in [0.15, 0.2) is 18.2 Å². The minimum atomic E-state index is -0.881. The summed E-state index contributed by atoms with van der Waals surface area (Å²) in [6.07, 6.45) is 1.31. The third kappa shape index (κ3) is 3.33. The van der Waals surface area contributed by atoms with Gasteiger partial charge < -0.3 is 15.3 Å². The molecule has 104 valence electrons. The molecule has 1 aliphatic heterocycles. The van der Waals surface area contributed by atoms with Crippen molar-refractivity contribution in [3.8, 4) is 0 Å². The molecule has 1 aromatic rings. The van der Waals surface area contributed by atoms with Gasteiger partial charge in [-0.05, 0) is 44.5 Å². The molecule has 0 unspecified atom stereocenters. The number of hydrogen-bond donors (Lipinski definition) is 2. The summed E-state index contributed by atoms with van der Waals surface area (Å²) < 4.78 is 0. The van der Waals surface area contributed by atoms with E-state index in [1.807, 2.05) is 19.2 Å². The van der Waals surface area contributed by atoms with Gasteiger partial charge in [-0.2, -0.15) is 0 Å². The first-order chi connectivity index (χ1) is 8.90. The van der Waals surface area contributed by atoms with Gasteiger partial charge in [0.05, 0.1) is 12.1 Å². The lowest BCUT2D eigenvalue weighted by molar-refractivity contribution is -0.119. The first kappa shape index (κ1) is 14.0. The maximum absolute atomic E-state index is 12.0. The SMILES string of the molecule is CNCc1ccc2c(c1)CCC(=O)N2CC(C)(C)O. The Morgan fingerprint density at radius 2 is 2.11 bits per heavy atom. The highest BCUT2D eigenvalue weighted by Gasteiger charge is 2.28. The van der Waals surface area contributed by atoms with Crippen LogP contribution in [-0.2, 0) is 17.8 Å². The van der Waals surface area contributed by atoms with Crippen molar-refractivity contribution >= 4 is 11.6 Å². The molecule has 0 saturated heterocycles. The number of anilines is 1. The molecule has 0 saturated carbocycles. The van der Waals surface area contributed by atoms with Gasteiger partial charge in [0, 0.05) is 18.7 Å². The second kappa shape index (κ2) is 5.31. The number of nitrogens with one attached hydrogen (secondary N) is 1. The number of benzene rings is 1. The lowest BCUT2D eigenvalue weighted by atomic mass is 9.97. The molecular weight excluding hydrogens is 240 g/mol. The molecule has 0 bridgehead atoms. The van der Waals surface area contributed by atoms with Crippen molar-refractivity contribution in [3.63, 3.8) is 0 Å². The fourth-order valence-corrected chi connectivity index (χ4v) is 2.49. The van der Waals surface area contributed by atoms with Crippen molar-refractivity contribution in [2.24, 2.45) is 0 Å². The fraction of sp³-hybridized carbons (Fsp3) is 0.533. The molecule has 1 amide bonds.